The van der Waals surface area contributed by atoms with Gasteiger partial charge in [0.25, 0.3) is 0 Å². The fourth-order valence-corrected chi connectivity index (χ4v) is 2.59. The van der Waals surface area contributed by atoms with Crippen molar-refractivity contribution in [2.45, 2.75) is 25.8 Å². The number of imidazole rings is 1. The second-order valence-electron chi connectivity index (χ2n) is 4.97. The van der Waals surface area contributed by atoms with Gasteiger partial charge >= 0.3 is 0 Å². The van der Waals surface area contributed by atoms with Crippen LogP contribution in [0.5, 0.6) is 0 Å². The average molecular weight is 245 g/mol. The highest BCUT2D eigenvalue weighted by molar-refractivity contribution is 5.48. The maximum absolute atomic E-state index is 5.65. The molecular weight excluding hydrogens is 226 g/mol. The van der Waals surface area contributed by atoms with Crippen molar-refractivity contribution >= 4 is 5.52 Å². The van der Waals surface area contributed by atoms with Crippen LogP contribution < -0.4 is 5.73 Å². The third-order valence-corrected chi connectivity index (χ3v) is 3.72. The molecule has 4 heteroatoms. The number of nitrogens with two attached hydrogens (primary N) is 1. The first-order valence-corrected chi connectivity index (χ1v) is 6.59. The van der Waals surface area contributed by atoms with Crippen molar-refractivity contribution in [1.82, 2.24) is 9.38 Å². The predicted molar refractivity (Wildman–Crippen MR) is 70.3 cm³/mol. The fraction of sp³-hybridized carbons (Fsp3) is 0.500. The molecule has 0 aliphatic carbocycles. The van der Waals surface area contributed by atoms with Crippen LogP contribution in [0.3, 0.4) is 0 Å². The molecule has 4 nitrogen and oxygen atoms in total. The lowest BCUT2D eigenvalue weighted by Gasteiger charge is -2.21. The van der Waals surface area contributed by atoms with E-state index in [4.69, 9.17) is 10.5 Å². The van der Waals surface area contributed by atoms with E-state index in [1.54, 1.807) is 0 Å². The van der Waals surface area contributed by atoms with Crippen LogP contribution in [-0.2, 0) is 17.7 Å². The molecule has 0 unspecified atom stereocenters. The van der Waals surface area contributed by atoms with Crippen LogP contribution in [0.4, 0.5) is 0 Å². The maximum atomic E-state index is 5.65. The highest BCUT2D eigenvalue weighted by Gasteiger charge is 2.16. The van der Waals surface area contributed by atoms with Gasteiger partial charge in [0.2, 0.25) is 0 Å². The predicted octanol–water partition coefficient (Wildman–Crippen LogP) is 1.76. The van der Waals surface area contributed by atoms with Crippen LogP contribution >= 0.6 is 0 Å². The number of hydrogen-bond donors (Lipinski definition) is 1. The first-order chi connectivity index (χ1) is 8.86. The van der Waals surface area contributed by atoms with E-state index in [0.717, 1.165) is 49.4 Å². The summed E-state index contributed by atoms with van der Waals surface area (Å²) in [4.78, 5) is 4.55. The van der Waals surface area contributed by atoms with E-state index < -0.39 is 0 Å². The molecule has 1 fully saturated rings. The molecule has 0 bridgehead atoms. The van der Waals surface area contributed by atoms with E-state index in [1.165, 1.54) is 0 Å². The molecule has 0 aromatic carbocycles. The van der Waals surface area contributed by atoms with Gasteiger partial charge < -0.3 is 14.9 Å². The molecule has 1 aliphatic heterocycles. The molecule has 0 saturated carbocycles. The minimum Gasteiger partial charge on any atom is -0.381 e. The van der Waals surface area contributed by atoms with Crippen molar-refractivity contribution < 1.29 is 4.74 Å². The second-order valence-corrected chi connectivity index (χ2v) is 4.97. The number of fused-ring (bicyclic) bond motifs is 1. The van der Waals surface area contributed by atoms with Crippen LogP contribution in [0.2, 0.25) is 0 Å². The summed E-state index contributed by atoms with van der Waals surface area (Å²) >= 11 is 0. The van der Waals surface area contributed by atoms with Crippen molar-refractivity contribution in [2.75, 3.05) is 13.2 Å². The summed E-state index contributed by atoms with van der Waals surface area (Å²) < 4.78 is 7.57. The monoisotopic (exact) mass is 245 g/mol. The Morgan fingerprint density at radius 3 is 3.00 bits per heavy atom. The minimum absolute atomic E-state index is 0.580. The molecule has 0 amide bonds. The van der Waals surface area contributed by atoms with Gasteiger partial charge in [0.05, 0.1) is 11.7 Å². The zero-order valence-electron chi connectivity index (χ0n) is 10.5. The summed E-state index contributed by atoms with van der Waals surface area (Å²) in [5.74, 6) is 1.86. The highest BCUT2D eigenvalue weighted by Crippen LogP contribution is 2.20. The van der Waals surface area contributed by atoms with Crippen molar-refractivity contribution in [3.8, 4) is 0 Å². The van der Waals surface area contributed by atoms with Gasteiger partial charge in [0.15, 0.2) is 0 Å². The quantitative estimate of drug-likeness (QED) is 0.896. The van der Waals surface area contributed by atoms with Gasteiger partial charge in [-0.25, -0.2) is 4.98 Å². The van der Waals surface area contributed by atoms with Crippen LogP contribution in [-0.4, -0.2) is 22.6 Å². The van der Waals surface area contributed by atoms with Crippen molar-refractivity contribution in [3.63, 3.8) is 0 Å². The largest absolute Gasteiger partial charge is 0.381 e. The number of pyridine rings is 1. The van der Waals surface area contributed by atoms with Gasteiger partial charge in [0, 0.05) is 32.4 Å². The maximum Gasteiger partial charge on any atom is 0.113 e. The van der Waals surface area contributed by atoms with E-state index in [0.29, 0.717) is 12.5 Å². The molecule has 2 aromatic rings. The number of hydrogen-bond acceptors (Lipinski definition) is 3. The lowest BCUT2D eigenvalue weighted by Crippen LogP contribution is -2.18. The summed E-state index contributed by atoms with van der Waals surface area (Å²) in [6.45, 7) is 2.37. The third-order valence-electron chi connectivity index (χ3n) is 3.72. The molecule has 96 valence electrons. The van der Waals surface area contributed by atoms with E-state index in [2.05, 4.69) is 27.7 Å². The first-order valence-electron chi connectivity index (χ1n) is 6.59. The Kier molecular flexibility index (Phi) is 3.30. The first kappa shape index (κ1) is 11.7. The zero-order valence-corrected chi connectivity index (χ0v) is 10.5. The van der Waals surface area contributed by atoms with E-state index in [-0.39, 0.29) is 0 Å². The molecule has 1 aliphatic rings. The molecule has 2 aromatic heterocycles. The van der Waals surface area contributed by atoms with Crippen molar-refractivity contribution in [3.05, 3.63) is 35.9 Å². The van der Waals surface area contributed by atoms with Gasteiger partial charge in [-0.05, 0) is 36.5 Å². The zero-order chi connectivity index (χ0) is 12.4. The lowest BCUT2D eigenvalue weighted by molar-refractivity contribution is 0.0659. The Morgan fingerprint density at radius 2 is 2.22 bits per heavy atom. The minimum atomic E-state index is 0.580. The Labute approximate surface area is 107 Å². The van der Waals surface area contributed by atoms with Crippen LogP contribution in [0.15, 0.2) is 24.5 Å². The van der Waals surface area contributed by atoms with E-state index >= 15 is 0 Å². The van der Waals surface area contributed by atoms with Gasteiger partial charge in [-0.3, -0.25) is 0 Å². The lowest BCUT2D eigenvalue weighted by atomic mass is 9.96. The second kappa shape index (κ2) is 5.08. The van der Waals surface area contributed by atoms with Crippen LogP contribution in [0, 0.1) is 5.92 Å². The molecule has 1 saturated heterocycles. The molecule has 3 heterocycles. The molecule has 0 spiro atoms. The Morgan fingerprint density at radius 1 is 1.39 bits per heavy atom. The highest BCUT2D eigenvalue weighted by atomic mass is 16.5. The van der Waals surface area contributed by atoms with Gasteiger partial charge in [-0.1, -0.05) is 0 Å². The summed E-state index contributed by atoms with van der Waals surface area (Å²) in [5.41, 5.74) is 7.95. The molecule has 2 N–H and O–H groups in total. The fourth-order valence-electron chi connectivity index (χ4n) is 2.59. The third kappa shape index (κ3) is 2.26. The summed E-state index contributed by atoms with van der Waals surface area (Å²) in [5, 5.41) is 0. The van der Waals surface area contributed by atoms with Gasteiger partial charge in [-0.2, -0.15) is 0 Å². The Bertz CT molecular complexity index is 529. The Hall–Kier alpha value is -1.39. The van der Waals surface area contributed by atoms with Gasteiger partial charge in [0.1, 0.15) is 5.82 Å². The van der Waals surface area contributed by atoms with Gasteiger partial charge in [-0.15, -0.1) is 0 Å². The number of ether oxygens (including phenoxy) is 1. The summed E-state index contributed by atoms with van der Waals surface area (Å²) in [7, 11) is 0. The van der Waals surface area contributed by atoms with Crippen LogP contribution in [0.25, 0.3) is 5.52 Å². The smallest absolute Gasteiger partial charge is 0.113 e. The molecule has 0 radical (unpaired) electrons. The SMILES string of the molecule is NCc1ccn2c(CC3CCOCC3)ncc2c1. The van der Waals surface area contributed by atoms with E-state index in [9.17, 15) is 0 Å². The normalized spacial score (nSPS) is 17.4. The van der Waals surface area contributed by atoms with Crippen LogP contribution in [0.1, 0.15) is 24.2 Å². The molecule has 3 rings (SSSR count). The summed E-state index contributed by atoms with van der Waals surface area (Å²) in [6.07, 6.45) is 7.36. The summed E-state index contributed by atoms with van der Waals surface area (Å²) in [6, 6.07) is 4.18. The van der Waals surface area contributed by atoms with Crippen molar-refractivity contribution in [2.24, 2.45) is 11.7 Å². The molecule has 0 atom stereocenters. The molecule has 18 heavy (non-hydrogen) atoms. The average Bonchev–Trinajstić information content (AvgIpc) is 2.82. The molecular formula is C14H19N3O. The number of aromatic nitrogens is 2. The standard InChI is InChI=1S/C14H19N3O/c15-9-12-1-4-17-13(7-12)10-16-14(17)8-11-2-5-18-6-3-11/h1,4,7,10-11H,2-3,5-6,8-9,15H2. The number of rotatable bonds is 3. The topological polar surface area (TPSA) is 52.5 Å². The number of nitrogens with zero attached hydrogens (tertiary/aromatic N) is 2. The van der Waals surface area contributed by atoms with E-state index in [1.807, 2.05) is 6.20 Å². The Balaban J connectivity index is 1.83. The van der Waals surface area contributed by atoms with Crippen molar-refractivity contribution in [1.29, 1.82) is 0 Å².